The van der Waals surface area contributed by atoms with Crippen LogP contribution in [0.15, 0.2) is 60.7 Å². The van der Waals surface area contributed by atoms with Crippen LogP contribution in [0.2, 0.25) is 0 Å². The predicted molar refractivity (Wildman–Crippen MR) is 113 cm³/mol. The van der Waals surface area contributed by atoms with Gasteiger partial charge in [0.15, 0.2) is 0 Å². The molecule has 0 radical (unpaired) electrons. The van der Waals surface area contributed by atoms with Crippen LogP contribution in [0.1, 0.15) is 43.9 Å². The van der Waals surface area contributed by atoms with Gasteiger partial charge in [0.2, 0.25) is 11.8 Å². The van der Waals surface area contributed by atoms with Gasteiger partial charge in [-0.05, 0) is 24.0 Å². The lowest BCUT2D eigenvalue weighted by Gasteiger charge is -2.33. The lowest BCUT2D eigenvalue weighted by atomic mass is 10.0. The Balaban J connectivity index is 1.88. The Hall–Kier alpha value is -2.66. The summed E-state index contributed by atoms with van der Waals surface area (Å²) in [6, 6.07) is 18.6. The Labute approximate surface area is 173 Å². The summed E-state index contributed by atoms with van der Waals surface area (Å²) < 4.78 is 5.64. The average molecular weight is 395 g/mol. The van der Waals surface area contributed by atoms with Crippen LogP contribution in [0.3, 0.4) is 0 Å². The lowest BCUT2D eigenvalue weighted by Crippen LogP contribution is -2.46. The predicted octanol–water partition coefficient (Wildman–Crippen LogP) is 3.71. The first-order valence-corrected chi connectivity index (χ1v) is 10.3. The molecule has 3 rings (SSSR count). The largest absolute Gasteiger partial charge is 0.376 e. The van der Waals surface area contributed by atoms with Gasteiger partial charge in [0.25, 0.3) is 0 Å². The van der Waals surface area contributed by atoms with Crippen LogP contribution in [-0.4, -0.2) is 36.0 Å². The average Bonchev–Trinajstić information content (AvgIpc) is 3.26. The third kappa shape index (κ3) is 5.67. The lowest BCUT2D eigenvalue weighted by molar-refractivity contribution is -0.144. The molecule has 0 spiro atoms. The van der Waals surface area contributed by atoms with E-state index in [1.165, 1.54) is 0 Å². The number of carbonyl (C=O) groups is 2. The first-order chi connectivity index (χ1) is 14.1. The van der Waals surface area contributed by atoms with E-state index < -0.39 is 6.04 Å². The molecule has 0 saturated carbocycles. The summed E-state index contributed by atoms with van der Waals surface area (Å²) >= 11 is 0. The topological polar surface area (TPSA) is 58.6 Å². The molecule has 2 aromatic carbocycles. The van der Waals surface area contributed by atoms with E-state index in [4.69, 9.17) is 4.74 Å². The van der Waals surface area contributed by atoms with Crippen molar-refractivity contribution in [2.24, 2.45) is 5.92 Å². The molecule has 0 bridgehead atoms. The van der Waals surface area contributed by atoms with Crippen molar-refractivity contribution in [1.29, 1.82) is 0 Å². The fourth-order valence-corrected chi connectivity index (χ4v) is 3.63. The molecule has 2 amide bonds. The molecule has 2 atom stereocenters. The standard InChI is InChI=1S/C24H30N2O3/c1-18(2)24(28)26(17-19-10-5-3-6-11-19)22(20-12-7-4-8-13-20)23(27)25-16-21-14-9-15-29-21/h3-8,10-13,18,21-22H,9,14-17H2,1-2H3,(H,25,27)/t21-,22+/m1/s1. The Bertz CT molecular complexity index is 786. The molecule has 29 heavy (non-hydrogen) atoms. The van der Waals surface area contributed by atoms with Gasteiger partial charge in [-0.25, -0.2) is 0 Å². The SMILES string of the molecule is CC(C)C(=O)N(Cc1ccccc1)[C@H](C(=O)NC[C@H]1CCCO1)c1ccccc1. The third-order valence-electron chi connectivity index (χ3n) is 5.18. The molecule has 0 aromatic heterocycles. The number of carbonyl (C=O) groups excluding carboxylic acids is 2. The maximum Gasteiger partial charge on any atom is 0.247 e. The first kappa shape index (κ1) is 21.1. The second kappa shape index (κ2) is 10.2. The minimum absolute atomic E-state index is 0.0463. The summed E-state index contributed by atoms with van der Waals surface area (Å²) in [4.78, 5) is 28.1. The van der Waals surface area contributed by atoms with Crippen molar-refractivity contribution in [2.75, 3.05) is 13.2 Å². The van der Waals surface area contributed by atoms with Crippen LogP contribution in [0.5, 0.6) is 0 Å². The minimum Gasteiger partial charge on any atom is -0.376 e. The van der Waals surface area contributed by atoms with Crippen molar-refractivity contribution >= 4 is 11.8 Å². The van der Waals surface area contributed by atoms with Gasteiger partial charge in [0, 0.05) is 25.6 Å². The van der Waals surface area contributed by atoms with Crippen molar-refractivity contribution in [3.63, 3.8) is 0 Å². The van der Waals surface area contributed by atoms with Crippen molar-refractivity contribution in [3.05, 3.63) is 71.8 Å². The summed E-state index contributed by atoms with van der Waals surface area (Å²) in [6.07, 6.45) is 2.03. The van der Waals surface area contributed by atoms with E-state index in [9.17, 15) is 9.59 Å². The molecular formula is C24H30N2O3. The van der Waals surface area contributed by atoms with Gasteiger partial charge in [0.1, 0.15) is 6.04 Å². The summed E-state index contributed by atoms with van der Waals surface area (Å²) in [5, 5.41) is 3.03. The van der Waals surface area contributed by atoms with Crippen LogP contribution in [0.25, 0.3) is 0 Å². The molecule has 1 saturated heterocycles. The highest BCUT2D eigenvalue weighted by atomic mass is 16.5. The number of ether oxygens (including phenoxy) is 1. The molecule has 1 fully saturated rings. The minimum atomic E-state index is -0.687. The zero-order valence-corrected chi connectivity index (χ0v) is 17.2. The molecule has 1 aliphatic rings. The second-order valence-electron chi connectivity index (χ2n) is 7.80. The Morgan fingerprint density at radius 2 is 1.72 bits per heavy atom. The molecule has 1 aliphatic heterocycles. The molecule has 1 heterocycles. The van der Waals surface area contributed by atoms with Crippen LogP contribution < -0.4 is 5.32 Å². The number of hydrogen-bond acceptors (Lipinski definition) is 3. The monoisotopic (exact) mass is 394 g/mol. The van der Waals surface area contributed by atoms with Gasteiger partial charge < -0.3 is 15.0 Å². The van der Waals surface area contributed by atoms with E-state index in [2.05, 4.69) is 5.32 Å². The van der Waals surface area contributed by atoms with Gasteiger partial charge in [-0.3, -0.25) is 9.59 Å². The van der Waals surface area contributed by atoms with E-state index in [1.807, 2.05) is 74.5 Å². The Morgan fingerprint density at radius 1 is 1.07 bits per heavy atom. The van der Waals surface area contributed by atoms with Gasteiger partial charge in [-0.15, -0.1) is 0 Å². The summed E-state index contributed by atoms with van der Waals surface area (Å²) in [7, 11) is 0. The maximum absolute atomic E-state index is 13.3. The number of nitrogens with one attached hydrogen (secondary N) is 1. The van der Waals surface area contributed by atoms with Crippen LogP contribution in [-0.2, 0) is 20.9 Å². The number of benzene rings is 2. The highest BCUT2D eigenvalue weighted by Gasteiger charge is 2.33. The highest BCUT2D eigenvalue weighted by molar-refractivity contribution is 5.89. The van der Waals surface area contributed by atoms with E-state index in [0.29, 0.717) is 13.1 Å². The van der Waals surface area contributed by atoms with Gasteiger partial charge >= 0.3 is 0 Å². The van der Waals surface area contributed by atoms with Crippen molar-refractivity contribution in [3.8, 4) is 0 Å². The Morgan fingerprint density at radius 3 is 2.31 bits per heavy atom. The normalized spacial score (nSPS) is 17.1. The van der Waals surface area contributed by atoms with E-state index in [1.54, 1.807) is 4.90 Å². The zero-order valence-electron chi connectivity index (χ0n) is 17.2. The maximum atomic E-state index is 13.3. The Kier molecular flexibility index (Phi) is 7.42. The van der Waals surface area contributed by atoms with Crippen molar-refractivity contribution < 1.29 is 14.3 Å². The summed E-state index contributed by atoms with van der Waals surface area (Å²) in [6.45, 7) is 5.33. The third-order valence-corrected chi connectivity index (χ3v) is 5.18. The van der Waals surface area contributed by atoms with E-state index in [0.717, 1.165) is 30.6 Å². The van der Waals surface area contributed by atoms with Gasteiger partial charge in [0.05, 0.1) is 6.10 Å². The first-order valence-electron chi connectivity index (χ1n) is 10.3. The molecule has 2 aromatic rings. The van der Waals surface area contributed by atoms with Gasteiger partial charge in [-0.1, -0.05) is 74.5 Å². The quantitative estimate of drug-likeness (QED) is 0.743. The number of rotatable bonds is 8. The summed E-state index contributed by atoms with van der Waals surface area (Å²) in [5.41, 5.74) is 1.80. The fourth-order valence-electron chi connectivity index (χ4n) is 3.63. The molecular weight excluding hydrogens is 364 g/mol. The van der Waals surface area contributed by atoms with Crippen molar-refractivity contribution in [1.82, 2.24) is 10.2 Å². The van der Waals surface area contributed by atoms with Crippen LogP contribution >= 0.6 is 0 Å². The second-order valence-corrected chi connectivity index (χ2v) is 7.80. The molecule has 0 unspecified atom stereocenters. The number of nitrogens with zero attached hydrogens (tertiary/aromatic N) is 1. The number of amides is 2. The van der Waals surface area contributed by atoms with Gasteiger partial charge in [-0.2, -0.15) is 0 Å². The summed E-state index contributed by atoms with van der Waals surface area (Å²) in [5.74, 6) is -0.428. The highest BCUT2D eigenvalue weighted by Crippen LogP contribution is 2.26. The van der Waals surface area contributed by atoms with Crippen LogP contribution in [0, 0.1) is 5.92 Å². The fraction of sp³-hybridized carbons (Fsp3) is 0.417. The van der Waals surface area contributed by atoms with Crippen LogP contribution in [0.4, 0.5) is 0 Å². The van der Waals surface area contributed by atoms with Crippen molar-refractivity contribution in [2.45, 2.75) is 45.4 Å². The zero-order chi connectivity index (χ0) is 20.6. The molecule has 5 nitrogen and oxygen atoms in total. The molecule has 1 N–H and O–H groups in total. The smallest absolute Gasteiger partial charge is 0.247 e. The molecule has 5 heteroatoms. The van der Waals surface area contributed by atoms with E-state index in [-0.39, 0.29) is 23.8 Å². The molecule has 154 valence electrons. The van der Waals surface area contributed by atoms with E-state index >= 15 is 0 Å². The number of hydrogen-bond donors (Lipinski definition) is 1. The molecule has 0 aliphatic carbocycles.